The minimum Gasteiger partial charge on any atom is -0.145 e. The van der Waals surface area contributed by atoms with Crippen LogP contribution in [0.15, 0.2) is 18.2 Å². The Hall–Kier alpha value is -0.900. The molecule has 3 fully saturated rings. The Labute approximate surface area is 225 Å². The highest BCUT2D eigenvalue weighted by Crippen LogP contribution is 2.57. The second kappa shape index (κ2) is 9.44. The van der Waals surface area contributed by atoms with Crippen molar-refractivity contribution >= 4 is 34.0 Å². The molecule has 3 aromatic rings. The predicted octanol–water partition coefficient (Wildman–Crippen LogP) is 11.3. The normalized spacial score (nSPS) is 31.6. The van der Waals surface area contributed by atoms with Gasteiger partial charge >= 0.3 is 0 Å². The van der Waals surface area contributed by atoms with Crippen LogP contribution in [0.1, 0.15) is 153 Å². The molecule has 0 N–H and O–H groups in total. The van der Waals surface area contributed by atoms with Gasteiger partial charge in [0.1, 0.15) is 0 Å². The zero-order chi connectivity index (χ0) is 23.0. The van der Waals surface area contributed by atoms with E-state index < -0.39 is 0 Å². The zero-order valence-electron chi connectivity index (χ0n) is 21.0. The molecule has 0 radical (unpaired) electrons. The zero-order valence-corrected chi connectivity index (χ0v) is 23.4. The molecule has 10 rings (SSSR count). The van der Waals surface area contributed by atoms with E-state index >= 15 is 0 Å². The monoisotopic (exact) mass is 522 g/mol. The number of hydrogen-bond donors (Lipinski definition) is 0. The minimum absolute atomic E-state index is 0. The summed E-state index contributed by atoms with van der Waals surface area (Å²) < 4.78 is 0. The average Bonchev–Trinajstić information content (AvgIpc) is 3.65. The van der Waals surface area contributed by atoms with Gasteiger partial charge in [-0.05, 0) is 155 Å². The van der Waals surface area contributed by atoms with Gasteiger partial charge in [-0.2, -0.15) is 0 Å². The van der Waals surface area contributed by atoms with Crippen LogP contribution in [-0.4, -0.2) is 0 Å². The lowest BCUT2D eigenvalue weighted by molar-refractivity contribution is 0.365. The van der Waals surface area contributed by atoms with Crippen molar-refractivity contribution in [3.8, 4) is 0 Å². The number of aryl methyl sites for hydroxylation is 3. The molecule has 7 aliphatic rings. The molecule has 0 unspecified atom stereocenters. The second-order valence-corrected chi connectivity index (χ2v) is 15.9. The maximum absolute atomic E-state index is 2.44. The van der Waals surface area contributed by atoms with E-state index in [1.807, 2.05) is 22.7 Å². The van der Waals surface area contributed by atoms with Gasteiger partial charge < -0.3 is 0 Å². The smallest absolute Gasteiger partial charge is 0.0114 e. The van der Waals surface area contributed by atoms with Gasteiger partial charge in [-0.1, -0.05) is 7.43 Å². The van der Waals surface area contributed by atoms with Crippen LogP contribution >= 0.6 is 34.0 Å². The molecule has 0 spiro atoms. The van der Waals surface area contributed by atoms with Crippen LogP contribution < -0.4 is 0 Å². The molecule has 3 heterocycles. The first kappa shape index (κ1) is 24.4. The van der Waals surface area contributed by atoms with Gasteiger partial charge in [-0.3, -0.25) is 0 Å². The molecule has 0 saturated heterocycles. The highest BCUT2D eigenvalue weighted by molar-refractivity contribution is 7.12. The Bertz CT molecular complexity index is 1050. The molecule has 188 valence electrons. The first-order valence-corrected chi connectivity index (χ1v) is 16.3. The largest absolute Gasteiger partial charge is 0.145 e. The van der Waals surface area contributed by atoms with Gasteiger partial charge in [0.05, 0.1) is 0 Å². The van der Waals surface area contributed by atoms with Crippen LogP contribution in [0.5, 0.6) is 0 Å². The molecule has 0 aliphatic heterocycles. The van der Waals surface area contributed by atoms with Crippen molar-refractivity contribution < 1.29 is 0 Å². The molecule has 35 heavy (non-hydrogen) atoms. The van der Waals surface area contributed by atoms with Crippen molar-refractivity contribution in [2.24, 2.45) is 0 Å². The van der Waals surface area contributed by atoms with E-state index in [2.05, 4.69) is 50.3 Å². The van der Waals surface area contributed by atoms with Crippen LogP contribution in [0.4, 0.5) is 0 Å². The van der Waals surface area contributed by atoms with Gasteiger partial charge in [0.25, 0.3) is 0 Å². The summed E-state index contributed by atoms with van der Waals surface area (Å²) in [4.78, 5) is 9.78. The molecule has 0 amide bonds. The Morgan fingerprint density at radius 3 is 1.17 bits per heavy atom. The fourth-order valence-corrected chi connectivity index (χ4v) is 12.0. The van der Waals surface area contributed by atoms with Crippen LogP contribution in [0.2, 0.25) is 0 Å². The number of fused-ring (bicyclic) bond motifs is 12. The van der Waals surface area contributed by atoms with Gasteiger partial charge in [0, 0.05) is 29.3 Å². The lowest BCUT2D eigenvalue weighted by Crippen LogP contribution is -2.19. The SMILES string of the molecule is C.Cc1cc2c(s1)C1CCC2CC1.Cc1cc2c(s1)[C@@H]1CC[C@H]2C1.Cc1cc2c(s1)[C@H]1CC[C@@H]2C1. The summed E-state index contributed by atoms with van der Waals surface area (Å²) in [5, 5.41) is 0. The van der Waals surface area contributed by atoms with E-state index in [-0.39, 0.29) is 7.43 Å². The standard InChI is InChI=1S/C11H14S.2C10H12S.CH4/c1-7-6-10-8-2-4-9(5-3-8)11(10)12-7;2*1-6-4-9-7-2-3-8(5-7)10(9)11-6;/h6,8-9H,2-5H2,1H3;2*4,7-8H,2-3,5H2,1H3;1H4/t;2*7-,8+;/m.10./s1. The lowest BCUT2D eigenvalue weighted by atomic mass is 9.71. The van der Waals surface area contributed by atoms with E-state index in [0.717, 1.165) is 35.5 Å². The lowest BCUT2D eigenvalue weighted by Gasteiger charge is -2.35. The number of rotatable bonds is 0. The maximum atomic E-state index is 2.44. The summed E-state index contributed by atoms with van der Waals surface area (Å²) in [6.07, 6.45) is 14.7. The van der Waals surface area contributed by atoms with E-state index in [1.54, 1.807) is 31.3 Å². The van der Waals surface area contributed by atoms with Gasteiger partial charge in [-0.15, -0.1) is 34.0 Å². The van der Waals surface area contributed by atoms with E-state index in [1.165, 1.54) is 78.8 Å². The quantitative estimate of drug-likeness (QED) is 0.275. The third-order valence-corrected chi connectivity index (χ3v) is 13.5. The predicted molar refractivity (Wildman–Crippen MR) is 157 cm³/mol. The van der Waals surface area contributed by atoms with Gasteiger partial charge in [-0.25, -0.2) is 0 Å². The Balaban J connectivity index is 0.0000000967. The molecular weight excluding hydrogens is 481 g/mol. The van der Waals surface area contributed by atoms with Gasteiger partial charge in [0.15, 0.2) is 0 Å². The molecule has 0 nitrogen and oxygen atoms in total. The minimum atomic E-state index is 0. The van der Waals surface area contributed by atoms with Crippen LogP contribution in [0.25, 0.3) is 0 Å². The summed E-state index contributed by atoms with van der Waals surface area (Å²) in [6.45, 7) is 6.73. The average molecular weight is 523 g/mol. The van der Waals surface area contributed by atoms with Crippen LogP contribution in [-0.2, 0) is 0 Å². The van der Waals surface area contributed by atoms with Crippen LogP contribution in [0.3, 0.4) is 0 Å². The van der Waals surface area contributed by atoms with Crippen molar-refractivity contribution in [1.29, 1.82) is 0 Å². The molecular formula is C32H42S3. The Morgan fingerprint density at radius 2 is 0.771 bits per heavy atom. The van der Waals surface area contributed by atoms with E-state index in [9.17, 15) is 0 Å². The maximum Gasteiger partial charge on any atom is 0.0114 e. The first-order valence-electron chi connectivity index (χ1n) is 13.8. The molecule has 7 aliphatic carbocycles. The topological polar surface area (TPSA) is 0 Å². The summed E-state index contributed by atoms with van der Waals surface area (Å²) in [7, 11) is 0. The van der Waals surface area contributed by atoms with Crippen molar-refractivity contribution in [3.05, 3.63) is 64.2 Å². The molecule has 3 saturated carbocycles. The van der Waals surface area contributed by atoms with Crippen molar-refractivity contribution in [2.45, 2.75) is 128 Å². The fourth-order valence-electron chi connectivity index (χ4n) is 8.24. The first-order chi connectivity index (χ1) is 16.5. The molecule has 3 aromatic heterocycles. The summed E-state index contributed by atoms with van der Waals surface area (Å²) >= 11 is 6.13. The number of hydrogen-bond acceptors (Lipinski definition) is 3. The Kier molecular flexibility index (Phi) is 6.59. The number of thiophene rings is 3. The third kappa shape index (κ3) is 4.22. The third-order valence-electron chi connectivity index (χ3n) is 9.77. The van der Waals surface area contributed by atoms with Crippen molar-refractivity contribution in [3.63, 3.8) is 0 Å². The van der Waals surface area contributed by atoms with Gasteiger partial charge in [0.2, 0.25) is 0 Å². The highest BCUT2D eigenvalue weighted by Gasteiger charge is 2.39. The fraction of sp³-hybridized carbons (Fsp3) is 0.625. The molecule has 4 atom stereocenters. The molecule has 3 heteroatoms. The summed E-state index contributed by atoms with van der Waals surface area (Å²) in [6, 6.07) is 7.28. The van der Waals surface area contributed by atoms with E-state index in [4.69, 9.17) is 0 Å². The van der Waals surface area contributed by atoms with Crippen molar-refractivity contribution in [1.82, 2.24) is 0 Å². The second-order valence-electron chi connectivity index (χ2n) is 12.0. The molecule has 0 aromatic carbocycles. The highest BCUT2D eigenvalue weighted by atomic mass is 32.1. The summed E-state index contributed by atoms with van der Waals surface area (Å²) in [5.74, 6) is 5.74. The molecule has 6 bridgehead atoms. The summed E-state index contributed by atoms with van der Waals surface area (Å²) in [5.41, 5.74) is 5.15. The Morgan fingerprint density at radius 1 is 0.457 bits per heavy atom. The van der Waals surface area contributed by atoms with E-state index in [0.29, 0.717) is 0 Å². The van der Waals surface area contributed by atoms with Crippen molar-refractivity contribution in [2.75, 3.05) is 0 Å². The van der Waals surface area contributed by atoms with Crippen LogP contribution in [0, 0.1) is 20.8 Å².